The molecule has 1 aromatic carbocycles. The average molecular weight is 265 g/mol. The van der Waals surface area contributed by atoms with Gasteiger partial charge in [0.15, 0.2) is 6.10 Å². The van der Waals surface area contributed by atoms with Crippen LogP contribution in [0.15, 0.2) is 16.6 Å². The van der Waals surface area contributed by atoms with Crippen LogP contribution in [0.1, 0.15) is 11.7 Å². The number of aliphatic carboxylic acids is 1. The number of benzene rings is 1. The molecular weight excluding hydrogens is 259 g/mol. The molecule has 0 amide bonds. The number of aliphatic hydroxyl groups is 1. The Morgan fingerprint density at radius 2 is 2.07 bits per heavy atom. The van der Waals surface area contributed by atoms with E-state index < -0.39 is 23.6 Å². The summed E-state index contributed by atoms with van der Waals surface area (Å²) in [7, 11) is 0. The van der Waals surface area contributed by atoms with E-state index in [1.54, 1.807) is 0 Å². The molecule has 0 saturated carbocycles. The summed E-state index contributed by atoms with van der Waals surface area (Å²) >= 11 is 2.75. The van der Waals surface area contributed by atoms with Crippen LogP contribution in [0.3, 0.4) is 0 Å². The van der Waals surface area contributed by atoms with Gasteiger partial charge in [-0.2, -0.15) is 0 Å². The summed E-state index contributed by atoms with van der Waals surface area (Å²) in [6.45, 7) is 0. The van der Waals surface area contributed by atoms with E-state index in [2.05, 4.69) is 15.9 Å². The molecule has 14 heavy (non-hydrogen) atoms. The lowest BCUT2D eigenvalue weighted by atomic mass is 10.1. The number of phenols is 1. The van der Waals surface area contributed by atoms with Gasteiger partial charge in [0.2, 0.25) is 0 Å². The van der Waals surface area contributed by atoms with Gasteiger partial charge in [0.1, 0.15) is 11.6 Å². The average Bonchev–Trinajstić information content (AvgIpc) is 2.12. The van der Waals surface area contributed by atoms with E-state index in [0.29, 0.717) is 0 Å². The summed E-state index contributed by atoms with van der Waals surface area (Å²) in [5, 5.41) is 26.6. The van der Waals surface area contributed by atoms with Gasteiger partial charge in [-0.1, -0.05) is 0 Å². The molecule has 0 radical (unpaired) electrons. The normalized spacial score (nSPS) is 12.5. The Labute approximate surface area is 86.7 Å². The Hall–Kier alpha value is -1.14. The second-order valence-electron chi connectivity index (χ2n) is 2.58. The smallest absolute Gasteiger partial charge is 0.337 e. The number of carboxylic acids is 1. The molecule has 1 unspecified atom stereocenters. The number of halogens is 2. The number of aromatic hydroxyl groups is 1. The molecule has 4 nitrogen and oxygen atoms in total. The fraction of sp³-hybridized carbons (Fsp3) is 0.125. The maximum atomic E-state index is 13.0. The number of phenolic OH excluding ortho intramolecular Hbond substituents is 1. The Morgan fingerprint density at radius 3 is 2.50 bits per heavy atom. The van der Waals surface area contributed by atoms with Gasteiger partial charge in [0.05, 0.1) is 4.47 Å². The van der Waals surface area contributed by atoms with Gasteiger partial charge in [-0.3, -0.25) is 0 Å². The van der Waals surface area contributed by atoms with Crippen LogP contribution in [0, 0.1) is 5.82 Å². The molecule has 0 aliphatic carbocycles. The molecule has 1 aromatic rings. The summed E-state index contributed by atoms with van der Waals surface area (Å²) in [5.74, 6) is -2.80. The lowest BCUT2D eigenvalue weighted by Crippen LogP contribution is -2.10. The van der Waals surface area contributed by atoms with Crippen molar-refractivity contribution >= 4 is 21.9 Å². The van der Waals surface area contributed by atoms with Crippen LogP contribution in [0.4, 0.5) is 4.39 Å². The largest absolute Gasteiger partial charge is 0.507 e. The predicted octanol–water partition coefficient (Wildman–Crippen LogP) is 1.41. The van der Waals surface area contributed by atoms with Gasteiger partial charge < -0.3 is 15.3 Å². The van der Waals surface area contributed by atoms with Crippen molar-refractivity contribution in [3.05, 3.63) is 28.0 Å². The zero-order valence-corrected chi connectivity index (χ0v) is 8.32. The van der Waals surface area contributed by atoms with Crippen LogP contribution in [0.5, 0.6) is 5.75 Å². The Kier molecular flexibility index (Phi) is 3.07. The Balaban J connectivity index is 3.19. The van der Waals surface area contributed by atoms with Crippen LogP contribution >= 0.6 is 15.9 Å². The van der Waals surface area contributed by atoms with Gasteiger partial charge in [-0.25, -0.2) is 9.18 Å². The van der Waals surface area contributed by atoms with Crippen molar-refractivity contribution in [2.45, 2.75) is 6.10 Å². The first-order valence-electron chi connectivity index (χ1n) is 3.52. The minimum absolute atomic E-state index is 0.168. The number of carboxylic acid groups (broad SMARTS) is 1. The number of hydrogen-bond donors (Lipinski definition) is 3. The van der Waals surface area contributed by atoms with Gasteiger partial charge in [0.25, 0.3) is 0 Å². The van der Waals surface area contributed by atoms with E-state index in [0.717, 1.165) is 12.1 Å². The quantitative estimate of drug-likeness (QED) is 0.755. The van der Waals surface area contributed by atoms with E-state index >= 15 is 0 Å². The van der Waals surface area contributed by atoms with E-state index in [-0.39, 0.29) is 10.0 Å². The van der Waals surface area contributed by atoms with Gasteiger partial charge in [0, 0.05) is 0 Å². The first kappa shape index (κ1) is 10.9. The van der Waals surface area contributed by atoms with Crippen LogP contribution in [0.2, 0.25) is 0 Å². The minimum atomic E-state index is -1.84. The molecule has 0 spiro atoms. The van der Waals surface area contributed by atoms with E-state index in [1.165, 1.54) is 0 Å². The maximum Gasteiger partial charge on any atom is 0.337 e. The molecule has 3 N–H and O–H groups in total. The van der Waals surface area contributed by atoms with Gasteiger partial charge in [-0.05, 0) is 33.6 Å². The monoisotopic (exact) mass is 264 g/mol. The number of carbonyl (C=O) groups is 1. The molecule has 6 heteroatoms. The molecule has 1 atom stereocenters. The first-order chi connectivity index (χ1) is 6.43. The Bertz CT molecular complexity index is 357. The molecule has 0 saturated heterocycles. The lowest BCUT2D eigenvalue weighted by Gasteiger charge is -2.07. The SMILES string of the molecule is O=C(O)C(O)c1cc(O)c(Br)c(F)c1. The van der Waals surface area contributed by atoms with E-state index in [4.69, 9.17) is 15.3 Å². The fourth-order valence-corrected chi connectivity index (χ4v) is 1.12. The highest BCUT2D eigenvalue weighted by molar-refractivity contribution is 9.10. The second kappa shape index (κ2) is 3.93. The Morgan fingerprint density at radius 1 is 1.50 bits per heavy atom. The highest BCUT2D eigenvalue weighted by atomic mass is 79.9. The van der Waals surface area contributed by atoms with Crippen molar-refractivity contribution in [1.82, 2.24) is 0 Å². The molecule has 0 bridgehead atoms. The van der Waals surface area contributed by atoms with Crippen LogP contribution in [-0.2, 0) is 4.79 Å². The summed E-state index contributed by atoms with van der Waals surface area (Å²) in [6, 6.07) is 1.81. The highest BCUT2D eigenvalue weighted by Crippen LogP contribution is 2.30. The van der Waals surface area contributed by atoms with E-state index in [9.17, 15) is 9.18 Å². The molecule has 76 valence electrons. The standard InChI is InChI=1S/C8H6BrFO4/c9-6-4(10)1-3(2-5(6)11)7(12)8(13)14/h1-2,7,11-12H,(H,13,14). The van der Waals surface area contributed by atoms with Crippen molar-refractivity contribution in [2.75, 3.05) is 0 Å². The van der Waals surface area contributed by atoms with Crippen LogP contribution < -0.4 is 0 Å². The zero-order valence-electron chi connectivity index (χ0n) is 6.74. The van der Waals surface area contributed by atoms with Crippen molar-refractivity contribution < 1.29 is 24.5 Å². The molecule has 0 fully saturated rings. The van der Waals surface area contributed by atoms with Gasteiger partial charge >= 0.3 is 5.97 Å². The fourth-order valence-electron chi connectivity index (χ4n) is 0.895. The van der Waals surface area contributed by atoms with Crippen molar-refractivity contribution in [3.63, 3.8) is 0 Å². The maximum absolute atomic E-state index is 13.0. The van der Waals surface area contributed by atoms with E-state index in [1.807, 2.05) is 0 Å². The number of hydrogen-bond acceptors (Lipinski definition) is 3. The third-order valence-electron chi connectivity index (χ3n) is 1.58. The third kappa shape index (κ3) is 2.02. The predicted molar refractivity (Wildman–Crippen MR) is 48.4 cm³/mol. The third-order valence-corrected chi connectivity index (χ3v) is 2.37. The lowest BCUT2D eigenvalue weighted by molar-refractivity contribution is -0.146. The first-order valence-corrected chi connectivity index (χ1v) is 4.31. The molecule has 0 aliphatic rings. The molecule has 0 aliphatic heterocycles. The molecule has 1 rings (SSSR count). The van der Waals surface area contributed by atoms with Crippen molar-refractivity contribution in [3.8, 4) is 5.75 Å². The summed E-state index contributed by atoms with van der Waals surface area (Å²) in [6.07, 6.45) is -1.84. The van der Waals surface area contributed by atoms with Crippen LogP contribution in [0.25, 0.3) is 0 Å². The summed E-state index contributed by atoms with van der Waals surface area (Å²) in [5.41, 5.74) is -0.212. The molecule has 0 heterocycles. The minimum Gasteiger partial charge on any atom is -0.507 e. The molecular formula is C8H6BrFO4. The topological polar surface area (TPSA) is 77.8 Å². The van der Waals surface area contributed by atoms with Crippen molar-refractivity contribution in [1.29, 1.82) is 0 Å². The zero-order chi connectivity index (χ0) is 10.9. The van der Waals surface area contributed by atoms with Crippen LogP contribution in [-0.4, -0.2) is 21.3 Å². The number of aliphatic hydroxyl groups excluding tert-OH is 1. The highest BCUT2D eigenvalue weighted by Gasteiger charge is 2.19. The number of rotatable bonds is 2. The van der Waals surface area contributed by atoms with Crippen molar-refractivity contribution in [2.24, 2.45) is 0 Å². The second-order valence-corrected chi connectivity index (χ2v) is 3.37. The summed E-state index contributed by atoms with van der Waals surface area (Å²) < 4.78 is 12.8. The molecule has 0 aromatic heterocycles. The van der Waals surface area contributed by atoms with Gasteiger partial charge in [-0.15, -0.1) is 0 Å². The summed E-state index contributed by atoms with van der Waals surface area (Å²) in [4.78, 5) is 10.3.